The van der Waals surface area contributed by atoms with E-state index in [1.807, 2.05) is 0 Å². The number of hydrogen-bond acceptors (Lipinski definition) is 3. The lowest BCUT2D eigenvalue weighted by molar-refractivity contribution is -0.141. The molecule has 1 N–H and O–H groups in total. The smallest absolute Gasteiger partial charge is 0.433 e. The second-order valence-electron chi connectivity index (χ2n) is 4.42. The molecule has 0 fully saturated rings. The number of ether oxygens (including phenoxy) is 1. The quantitative estimate of drug-likeness (QED) is 0.918. The van der Waals surface area contributed by atoms with Crippen LogP contribution in [0.1, 0.15) is 36.8 Å². The summed E-state index contributed by atoms with van der Waals surface area (Å²) in [4.78, 5) is 14.2. The molecule has 0 aliphatic heterocycles. The summed E-state index contributed by atoms with van der Waals surface area (Å²) < 4.78 is 42.8. The maximum absolute atomic E-state index is 12.5. The van der Waals surface area contributed by atoms with Gasteiger partial charge in [0.05, 0.1) is 6.10 Å². The van der Waals surface area contributed by atoms with Gasteiger partial charge in [-0.25, -0.2) is 9.78 Å². The predicted octanol–water partition coefficient (Wildman–Crippen LogP) is 3.22. The number of hydrogen-bond donors (Lipinski definition) is 1. The number of alkyl halides is 3. The molecule has 0 amide bonds. The Morgan fingerprint density at radius 1 is 1.32 bits per heavy atom. The van der Waals surface area contributed by atoms with E-state index in [2.05, 4.69) is 4.98 Å². The molecule has 1 rings (SSSR count). The van der Waals surface area contributed by atoms with Crippen molar-refractivity contribution < 1.29 is 27.8 Å². The largest absolute Gasteiger partial charge is 0.477 e. The first-order chi connectivity index (χ1) is 8.62. The monoisotopic (exact) mass is 277 g/mol. The third-order valence-electron chi connectivity index (χ3n) is 2.62. The van der Waals surface area contributed by atoms with Crippen LogP contribution in [0.15, 0.2) is 12.1 Å². The number of pyridine rings is 1. The van der Waals surface area contributed by atoms with E-state index in [0.29, 0.717) is 6.07 Å². The minimum atomic E-state index is -4.64. The van der Waals surface area contributed by atoms with Crippen LogP contribution in [0.4, 0.5) is 13.2 Å². The highest BCUT2D eigenvalue weighted by Crippen LogP contribution is 2.30. The Bertz CT molecular complexity index is 472. The van der Waals surface area contributed by atoms with Gasteiger partial charge in [0.25, 0.3) is 0 Å². The fourth-order valence-electron chi connectivity index (χ4n) is 1.16. The van der Waals surface area contributed by atoms with Crippen molar-refractivity contribution in [2.75, 3.05) is 0 Å². The highest BCUT2D eigenvalue weighted by Gasteiger charge is 2.34. The van der Waals surface area contributed by atoms with E-state index < -0.39 is 29.8 Å². The van der Waals surface area contributed by atoms with Crippen molar-refractivity contribution in [2.45, 2.75) is 33.1 Å². The SMILES string of the molecule is CC(C)C(C)Oc1nc(C(F)(F)F)ccc1C(=O)O. The van der Waals surface area contributed by atoms with Crippen molar-refractivity contribution in [1.82, 2.24) is 4.98 Å². The number of nitrogens with zero attached hydrogens (tertiary/aromatic N) is 1. The van der Waals surface area contributed by atoms with Crippen LogP contribution >= 0.6 is 0 Å². The number of rotatable bonds is 4. The summed E-state index contributed by atoms with van der Waals surface area (Å²) in [5.41, 5.74) is -1.57. The van der Waals surface area contributed by atoms with Gasteiger partial charge in [-0.15, -0.1) is 0 Å². The van der Waals surface area contributed by atoms with Crippen molar-refractivity contribution in [3.63, 3.8) is 0 Å². The Hall–Kier alpha value is -1.79. The molecule has 0 aromatic carbocycles. The lowest BCUT2D eigenvalue weighted by Crippen LogP contribution is -2.22. The minimum absolute atomic E-state index is 0.0120. The molecule has 7 heteroatoms. The molecular formula is C12H14F3NO3. The summed E-state index contributed by atoms with van der Waals surface area (Å²) in [6.07, 6.45) is -5.09. The van der Waals surface area contributed by atoms with Gasteiger partial charge in [0.15, 0.2) is 0 Å². The van der Waals surface area contributed by atoms with Crippen LogP contribution < -0.4 is 4.74 Å². The number of carboxylic acid groups (broad SMARTS) is 1. The number of aromatic nitrogens is 1. The zero-order chi connectivity index (χ0) is 14.8. The van der Waals surface area contributed by atoms with Gasteiger partial charge in [0, 0.05) is 0 Å². The highest BCUT2D eigenvalue weighted by atomic mass is 19.4. The van der Waals surface area contributed by atoms with E-state index in [-0.39, 0.29) is 11.5 Å². The van der Waals surface area contributed by atoms with Gasteiger partial charge in [-0.05, 0) is 25.0 Å². The lowest BCUT2D eigenvalue weighted by atomic mass is 10.1. The molecule has 0 bridgehead atoms. The Morgan fingerprint density at radius 2 is 1.89 bits per heavy atom. The molecule has 1 unspecified atom stereocenters. The Balaban J connectivity index is 3.20. The molecule has 0 saturated heterocycles. The number of halogens is 3. The molecule has 0 radical (unpaired) electrons. The van der Waals surface area contributed by atoms with E-state index in [1.54, 1.807) is 20.8 Å². The summed E-state index contributed by atoms with van der Waals surface area (Å²) in [7, 11) is 0. The Kier molecular flexibility index (Phi) is 4.39. The van der Waals surface area contributed by atoms with Gasteiger partial charge in [-0.3, -0.25) is 0 Å². The van der Waals surface area contributed by atoms with Crippen LogP contribution in [0.3, 0.4) is 0 Å². The van der Waals surface area contributed by atoms with Crippen LogP contribution in [0.5, 0.6) is 5.88 Å². The molecule has 1 aromatic rings. The lowest BCUT2D eigenvalue weighted by Gasteiger charge is -2.19. The molecule has 106 valence electrons. The molecule has 4 nitrogen and oxygen atoms in total. The predicted molar refractivity (Wildman–Crippen MR) is 61.1 cm³/mol. The van der Waals surface area contributed by atoms with Gasteiger partial charge < -0.3 is 9.84 Å². The summed E-state index contributed by atoms with van der Waals surface area (Å²) in [6.45, 7) is 5.25. The first-order valence-electron chi connectivity index (χ1n) is 5.61. The van der Waals surface area contributed by atoms with Crippen molar-refractivity contribution in [2.24, 2.45) is 5.92 Å². The van der Waals surface area contributed by atoms with Crippen LogP contribution in [0.2, 0.25) is 0 Å². The van der Waals surface area contributed by atoms with Crippen LogP contribution in [0.25, 0.3) is 0 Å². The van der Waals surface area contributed by atoms with Gasteiger partial charge in [0.1, 0.15) is 11.3 Å². The zero-order valence-corrected chi connectivity index (χ0v) is 10.7. The van der Waals surface area contributed by atoms with Crippen molar-refractivity contribution in [3.8, 4) is 5.88 Å². The van der Waals surface area contributed by atoms with Crippen LogP contribution in [-0.2, 0) is 6.18 Å². The molecule has 1 atom stereocenters. The molecule has 19 heavy (non-hydrogen) atoms. The maximum Gasteiger partial charge on any atom is 0.433 e. The number of carbonyl (C=O) groups is 1. The molecule has 1 aromatic heterocycles. The summed E-state index contributed by atoms with van der Waals surface area (Å²) in [6, 6.07) is 1.47. The van der Waals surface area contributed by atoms with Gasteiger partial charge in [0.2, 0.25) is 5.88 Å². The van der Waals surface area contributed by atoms with Gasteiger partial charge >= 0.3 is 12.1 Å². The molecule has 0 aliphatic rings. The Morgan fingerprint density at radius 3 is 2.32 bits per heavy atom. The maximum atomic E-state index is 12.5. The number of aromatic carboxylic acids is 1. The second kappa shape index (κ2) is 5.46. The van der Waals surface area contributed by atoms with E-state index in [1.165, 1.54) is 0 Å². The van der Waals surface area contributed by atoms with Crippen molar-refractivity contribution in [1.29, 1.82) is 0 Å². The van der Waals surface area contributed by atoms with Crippen molar-refractivity contribution in [3.05, 3.63) is 23.4 Å². The fourth-order valence-corrected chi connectivity index (χ4v) is 1.16. The third kappa shape index (κ3) is 3.84. The molecular weight excluding hydrogens is 263 g/mol. The van der Waals surface area contributed by atoms with E-state index in [0.717, 1.165) is 6.07 Å². The van der Waals surface area contributed by atoms with E-state index >= 15 is 0 Å². The normalized spacial score (nSPS) is 13.4. The molecule has 0 saturated carbocycles. The first-order valence-corrected chi connectivity index (χ1v) is 5.61. The summed E-state index contributed by atoms with van der Waals surface area (Å²) >= 11 is 0. The molecule has 1 heterocycles. The minimum Gasteiger partial charge on any atom is -0.477 e. The Labute approximate surface area is 108 Å². The van der Waals surface area contributed by atoms with E-state index in [4.69, 9.17) is 9.84 Å². The summed E-state index contributed by atoms with van der Waals surface area (Å²) in [5.74, 6) is -1.88. The van der Waals surface area contributed by atoms with E-state index in [9.17, 15) is 18.0 Å². The molecule has 0 spiro atoms. The standard InChI is InChI=1S/C12H14F3NO3/c1-6(2)7(3)19-10-8(11(17)18)4-5-9(16-10)12(13,14)15/h4-7H,1-3H3,(H,17,18). The summed E-state index contributed by atoms with van der Waals surface area (Å²) in [5, 5.41) is 8.91. The van der Waals surface area contributed by atoms with Gasteiger partial charge in [-0.2, -0.15) is 13.2 Å². The average molecular weight is 277 g/mol. The van der Waals surface area contributed by atoms with Gasteiger partial charge in [-0.1, -0.05) is 13.8 Å². The zero-order valence-electron chi connectivity index (χ0n) is 10.7. The highest BCUT2D eigenvalue weighted by molar-refractivity contribution is 5.90. The second-order valence-corrected chi connectivity index (χ2v) is 4.42. The third-order valence-corrected chi connectivity index (χ3v) is 2.62. The average Bonchev–Trinajstić information content (AvgIpc) is 2.27. The number of carboxylic acids is 1. The van der Waals surface area contributed by atoms with Crippen LogP contribution in [0, 0.1) is 5.92 Å². The van der Waals surface area contributed by atoms with Crippen LogP contribution in [-0.4, -0.2) is 22.2 Å². The molecule has 0 aliphatic carbocycles. The first kappa shape index (κ1) is 15.3. The fraction of sp³-hybridized carbons (Fsp3) is 0.500. The topological polar surface area (TPSA) is 59.4 Å². The van der Waals surface area contributed by atoms with Crippen molar-refractivity contribution >= 4 is 5.97 Å².